The van der Waals surface area contributed by atoms with Crippen LogP contribution < -0.4 is 0 Å². The highest BCUT2D eigenvalue weighted by Crippen LogP contribution is 2.16. The molecule has 3 heteroatoms. The van der Waals surface area contributed by atoms with Crippen LogP contribution in [0.3, 0.4) is 0 Å². The smallest absolute Gasteiger partial charge is 0.193 e. The van der Waals surface area contributed by atoms with Crippen molar-refractivity contribution in [2.24, 2.45) is 0 Å². The molecule has 0 spiro atoms. The number of nitrogens with zero attached hydrogens (tertiary/aromatic N) is 2. The van der Waals surface area contributed by atoms with Crippen molar-refractivity contribution in [2.45, 2.75) is 0 Å². The van der Waals surface area contributed by atoms with Crippen molar-refractivity contribution < 1.29 is 4.79 Å². The average Bonchev–Trinajstić information content (AvgIpc) is 2.38. The number of carbonyl (C=O) groups is 1. The molecule has 0 aliphatic heterocycles. The van der Waals surface area contributed by atoms with Gasteiger partial charge >= 0.3 is 0 Å². The fourth-order valence-corrected chi connectivity index (χ4v) is 1.31. The maximum Gasteiger partial charge on any atom is 0.193 e. The van der Waals surface area contributed by atoms with E-state index in [0.29, 0.717) is 6.29 Å². The fraction of sp³-hybridized carbons (Fsp3) is 0. The Hall–Kier alpha value is -2.47. The molecule has 0 amide bonds. The SMILES string of the molecule is O=CC#Cc1ccc(-c2cncnc2)cc1. The minimum atomic E-state index is 0.582. The van der Waals surface area contributed by atoms with Crippen molar-refractivity contribution in [2.75, 3.05) is 0 Å². The van der Waals surface area contributed by atoms with Gasteiger partial charge in [-0.25, -0.2) is 9.97 Å². The van der Waals surface area contributed by atoms with Gasteiger partial charge in [-0.1, -0.05) is 18.1 Å². The Morgan fingerprint density at radius 2 is 1.69 bits per heavy atom. The van der Waals surface area contributed by atoms with Crippen LogP contribution >= 0.6 is 0 Å². The highest BCUT2D eigenvalue weighted by Gasteiger charge is 1.96. The summed E-state index contributed by atoms with van der Waals surface area (Å²) in [5.41, 5.74) is 2.79. The summed E-state index contributed by atoms with van der Waals surface area (Å²) in [4.78, 5) is 18.0. The first-order valence-electron chi connectivity index (χ1n) is 4.71. The van der Waals surface area contributed by atoms with E-state index >= 15 is 0 Å². The van der Waals surface area contributed by atoms with Gasteiger partial charge in [-0.05, 0) is 23.6 Å². The van der Waals surface area contributed by atoms with E-state index in [-0.39, 0.29) is 0 Å². The molecular weight excluding hydrogens is 200 g/mol. The quantitative estimate of drug-likeness (QED) is 0.529. The van der Waals surface area contributed by atoms with Crippen LogP contribution in [0.4, 0.5) is 0 Å². The van der Waals surface area contributed by atoms with Crippen molar-refractivity contribution >= 4 is 6.29 Å². The van der Waals surface area contributed by atoms with Gasteiger partial charge in [0.05, 0.1) is 0 Å². The summed E-state index contributed by atoms with van der Waals surface area (Å²) in [6, 6.07) is 7.57. The summed E-state index contributed by atoms with van der Waals surface area (Å²) in [6.45, 7) is 0. The van der Waals surface area contributed by atoms with Crippen molar-refractivity contribution in [3.63, 3.8) is 0 Å². The summed E-state index contributed by atoms with van der Waals surface area (Å²) < 4.78 is 0. The van der Waals surface area contributed by atoms with Crippen molar-refractivity contribution in [1.82, 2.24) is 9.97 Å². The Balaban J connectivity index is 2.30. The van der Waals surface area contributed by atoms with Crippen molar-refractivity contribution in [3.05, 3.63) is 48.5 Å². The van der Waals surface area contributed by atoms with Crippen LogP contribution in [-0.2, 0) is 4.79 Å². The lowest BCUT2D eigenvalue weighted by Gasteiger charge is -1.99. The zero-order valence-corrected chi connectivity index (χ0v) is 8.42. The normalized spacial score (nSPS) is 9.00. The molecule has 0 radical (unpaired) electrons. The topological polar surface area (TPSA) is 42.9 Å². The lowest BCUT2D eigenvalue weighted by atomic mass is 10.1. The summed E-state index contributed by atoms with van der Waals surface area (Å²) in [6.07, 6.45) is 5.57. The number of rotatable bonds is 1. The molecule has 0 unspecified atom stereocenters. The molecule has 1 aromatic carbocycles. The van der Waals surface area contributed by atoms with E-state index in [0.717, 1.165) is 16.7 Å². The largest absolute Gasteiger partial charge is 0.289 e. The van der Waals surface area contributed by atoms with E-state index in [1.165, 1.54) is 6.33 Å². The molecule has 0 saturated heterocycles. The lowest BCUT2D eigenvalue weighted by Crippen LogP contribution is -1.82. The molecule has 0 saturated carbocycles. The Morgan fingerprint density at radius 1 is 1.00 bits per heavy atom. The van der Waals surface area contributed by atoms with Gasteiger partial charge in [0, 0.05) is 23.5 Å². The first kappa shape index (κ1) is 10.1. The molecule has 0 bridgehead atoms. The van der Waals surface area contributed by atoms with Crippen LogP contribution in [0.15, 0.2) is 43.0 Å². The molecule has 2 aromatic rings. The molecule has 2 rings (SSSR count). The summed E-state index contributed by atoms with van der Waals surface area (Å²) in [5, 5.41) is 0. The predicted octanol–water partition coefficient (Wildman–Crippen LogP) is 1.69. The van der Waals surface area contributed by atoms with Crippen LogP contribution in [0.5, 0.6) is 0 Å². The predicted molar refractivity (Wildman–Crippen MR) is 60.4 cm³/mol. The van der Waals surface area contributed by atoms with E-state index in [9.17, 15) is 4.79 Å². The van der Waals surface area contributed by atoms with Crippen molar-refractivity contribution in [3.8, 4) is 23.0 Å². The molecule has 1 heterocycles. The van der Waals surface area contributed by atoms with Gasteiger partial charge in [0.25, 0.3) is 0 Å². The first-order chi connectivity index (χ1) is 7.90. The second-order valence-corrected chi connectivity index (χ2v) is 3.09. The van der Waals surface area contributed by atoms with Crippen LogP contribution in [-0.4, -0.2) is 16.3 Å². The summed E-state index contributed by atoms with van der Waals surface area (Å²) >= 11 is 0. The molecule has 16 heavy (non-hydrogen) atoms. The molecular formula is C13H8N2O. The van der Waals surface area contributed by atoms with Gasteiger partial charge < -0.3 is 0 Å². The summed E-state index contributed by atoms with van der Waals surface area (Å²) in [7, 11) is 0. The first-order valence-corrected chi connectivity index (χ1v) is 4.71. The second kappa shape index (κ2) is 4.85. The molecule has 0 aliphatic carbocycles. The van der Waals surface area contributed by atoms with Gasteiger partial charge in [0.1, 0.15) is 6.33 Å². The van der Waals surface area contributed by atoms with E-state index in [2.05, 4.69) is 21.8 Å². The van der Waals surface area contributed by atoms with E-state index in [1.807, 2.05) is 24.3 Å². The molecule has 0 aliphatic rings. The molecule has 0 atom stereocenters. The molecule has 0 N–H and O–H groups in total. The molecule has 0 fully saturated rings. The van der Waals surface area contributed by atoms with Gasteiger partial charge in [0.15, 0.2) is 6.29 Å². The van der Waals surface area contributed by atoms with Crippen LogP contribution in [0, 0.1) is 11.8 Å². The van der Waals surface area contributed by atoms with Gasteiger partial charge in [-0.3, -0.25) is 4.79 Å². The summed E-state index contributed by atoms with van der Waals surface area (Å²) in [5.74, 6) is 5.09. The van der Waals surface area contributed by atoms with E-state index in [4.69, 9.17) is 0 Å². The van der Waals surface area contributed by atoms with Crippen LogP contribution in [0.25, 0.3) is 11.1 Å². The number of carbonyl (C=O) groups excluding carboxylic acids is 1. The standard InChI is InChI=1S/C13H8N2O/c16-7-1-2-11-3-5-12(6-4-11)13-8-14-10-15-9-13/h3-10H. The third kappa shape index (κ3) is 2.31. The Morgan fingerprint density at radius 3 is 2.31 bits per heavy atom. The minimum Gasteiger partial charge on any atom is -0.289 e. The van der Waals surface area contributed by atoms with Crippen LogP contribution in [0.2, 0.25) is 0 Å². The highest BCUT2D eigenvalue weighted by molar-refractivity contribution is 5.74. The van der Waals surface area contributed by atoms with E-state index in [1.54, 1.807) is 12.4 Å². The third-order valence-electron chi connectivity index (χ3n) is 2.05. The number of aldehydes is 1. The maximum atomic E-state index is 10.1. The fourth-order valence-electron chi connectivity index (χ4n) is 1.31. The number of benzene rings is 1. The van der Waals surface area contributed by atoms with Gasteiger partial charge in [-0.15, -0.1) is 0 Å². The lowest BCUT2D eigenvalue weighted by molar-refractivity contribution is -0.103. The minimum absolute atomic E-state index is 0.582. The average molecular weight is 208 g/mol. The zero-order chi connectivity index (χ0) is 11.2. The van der Waals surface area contributed by atoms with E-state index < -0.39 is 0 Å². The van der Waals surface area contributed by atoms with Gasteiger partial charge in [0.2, 0.25) is 0 Å². The second-order valence-electron chi connectivity index (χ2n) is 3.09. The number of hydrogen-bond acceptors (Lipinski definition) is 3. The molecule has 76 valence electrons. The molecule has 1 aromatic heterocycles. The highest BCUT2D eigenvalue weighted by atomic mass is 16.1. The zero-order valence-electron chi connectivity index (χ0n) is 8.42. The monoisotopic (exact) mass is 208 g/mol. The number of hydrogen-bond donors (Lipinski definition) is 0. The van der Waals surface area contributed by atoms with Crippen LogP contribution in [0.1, 0.15) is 5.56 Å². The Labute approximate surface area is 93.2 Å². The Bertz CT molecular complexity index is 536. The molecule has 3 nitrogen and oxygen atoms in total. The van der Waals surface area contributed by atoms with Gasteiger partial charge in [-0.2, -0.15) is 0 Å². The maximum absolute atomic E-state index is 10.1. The number of aromatic nitrogens is 2. The van der Waals surface area contributed by atoms with Crippen molar-refractivity contribution in [1.29, 1.82) is 0 Å². The Kier molecular flexibility index (Phi) is 3.05. The third-order valence-corrected chi connectivity index (χ3v) is 2.05.